The molecule has 0 aliphatic carbocycles. The number of amides is 1. The van der Waals surface area contributed by atoms with Crippen LogP contribution in [0.3, 0.4) is 0 Å². The number of hydrogen-bond donors (Lipinski definition) is 2. The van der Waals surface area contributed by atoms with Crippen molar-refractivity contribution in [3.63, 3.8) is 0 Å². The molecule has 0 fully saturated rings. The molecule has 6 nitrogen and oxygen atoms in total. The van der Waals surface area contributed by atoms with Crippen molar-refractivity contribution in [3.05, 3.63) is 11.9 Å². The highest BCUT2D eigenvalue weighted by Gasteiger charge is 2.19. The van der Waals surface area contributed by atoms with E-state index in [0.29, 0.717) is 0 Å². The van der Waals surface area contributed by atoms with Crippen LogP contribution in [-0.4, -0.2) is 31.6 Å². The molecule has 1 amide bonds. The fourth-order valence-corrected chi connectivity index (χ4v) is 1.03. The van der Waals surface area contributed by atoms with Crippen LogP contribution in [0.15, 0.2) is 6.20 Å². The summed E-state index contributed by atoms with van der Waals surface area (Å²) in [5, 5.41) is 14.6. The molecular formula is C7H7Cl2N3O3. The van der Waals surface area contributed by atoms with Gasteiger partial charge in [-0.1, -0.05) is 23.2 Å². The molecule has 2 N–H and O–H groups in total. The third-order valence-corrected chi connectivity index (χ3v) is 1.88. The lowest BCUT2D eigenvalue weighted by molar-refractivity contribution is -0.114. The Labute approximate surface area is 94.8 Å². The van der Waals surface area contributed by atoms with E-state index in [1.807, 2.05) is 0 Å². The minimum atomic E-state index is -1.26. The van der Waals surface area contributed by atoms with E-state index in [0.717, 1.165) is 0 Å². The molecule has 0 atom stereocenters. The van der Waals surface area contributed by atoms with Gasteiger partial charge in [0, 0.05) is 13.2 Å². The second kappa shape index (κ2) is 4.50. The summed E-state index contributed by atoms with van der Waals surface area (Å²) < 4.78 is 1.26. The van der Waals surface area contributed by atoms with Gasteiger partial charge in [-0.15, -0.1) is 0 Å². The van der Waals surface area contributed by atoms with Gasteiger partial charge in [-0.2, -0.15) is 5.10 Å². The minimum absolute atomic E-state index is 0.0568. The lowest BCUT2D eigenvalue weighted by atomic mass is 10.3. The van der Waals surface area contributed by atoms with Crippen molar-refractivity contribution >= 4 is 40.8 Å². The summed E-state index contributed by atoms with van der Waals surface area (Å²) in [4.78, 5) is 20.5. The monoisotopic (exact) mass is 251 g/mol. The predicted octanol–water partition coefficient (Wildman–Crippen LogP) is 0.860. The smallest absolute Gasteiger partial charge is 0.358 e. The number of aromatic carboxylic acids is 1. The third kappa shape index (κ3) is 2.84. The van der Waals surface area contributed by atoms with Crippen LogP contribution in [0.25, 0.3) is 0 Å². The van der Waals surface area contributed by atoms with Crippen molar-refractivity contribution in [2.45, 2.75) is 4.84 Å². The molecular weight excluding hydrogens is 245 g/mol. The van der Waals surface area contributed by atoms with Crippen LogP contribution in [-0.2, 0) is 11.8 Å². The number of hydrogen-bond acceptors (Lipinski definition) is 3. The molecule has 0 unspecified atom stereocenters. The van der Waals surface area contributed by atoms with Gasteiger partial charge >= 0.3 is 5.97 Å². The minimum Gasteiger partial charge on any atom is -0.476 e. The van der Waals surface area contributed by atoms with E-state index < -0.39 is 16.7 Å². The van der Waals surface area contributed by atoms with Crippen LogP contribution in [0.1, 0.15) is 10.5 Å². The molecule has 0 saturated heterocycles. The fraction of sp³-hybridized carbons (Fsp3) is 0.286. The topological polar surface area (TPSA) is 84.2 Å². The third-order valence-electron chi connectivity index (χ3n) is 1.49. The Morgan fingerprint density at radius 1 is 1.60 bits per heavy atom. The molecule has 82 valence electrons. The quantitative estimate of drug-likeness (QED) is 0.781. The molecule has 1 aromatic heterocycles. The summed E-state index contributed by atoms with van der Waals surface area (Å²) in [6.07, 6.45) is 1.34. The van der Waals surface area contributed by atoms with Crippen molar-refractivity contribution < 1.29 is 14.7 Å². The maximum atomic E-state index is 11.1. The molecule has 0 saturated carbocycles. The van der Waals surface area contributed by atoms with Gasteiger partial charge in [-0.3, -0.25) is 9.48 Å². The van der Waals surface area contributed by atoms with Crippen molar-refractivity contribution in [1.82, 2.24) is 9.78 Å². The Bertz CT molecular complexity index is 402. The predicted molar refractivity (Wildman–Crippen MR) is 54.3 cm³/mol. The number of nitrogens with one attached hydrogen (secondary N) is 1. The zero-order valence-electron chi connectivity index (χ0n) is 7.57. The number of carbonyl (C=O) groups is 2. The maximum Gasteiger partial charge on any atom is 0.358 e. The van der Waals surface area contributed by atoms with E-state index in [4.69, 9.17) is 28.3 Å². The number of carbonyl (C=O) groups excluding carboxylic acids is 1. The Hall–Kier alpha value is -1.27. The zero-order valence-corrected chi connectivity index (χ0v) is 9.08. The molecule has 0 spiro atoms. The molecule has 0 aliphatic heterocycles. The summed E-state index contributed by atoms with van der Waals surface area (Å²) >= 11 is 10.6. The van der Waals surface area contributed by atoms with Gasteiger partial charge in [0.25, 0.3) is 5.91 Å². The number of rotatable bonds is 3. The first-order valence-corrected chi connectivity index (χ1v) is 4.65. The molecule has 1 heterocycles. The number of aromatic nitrogens is 2. The summed E-state index contributed by atoms with van der Waals surface area (Å²) in [7, 11) is 1.53. The first-order chi connectivity index (χ1) is 6.91. The van der Waals surface area contributed by atoms with Crippen LogP contribution >= 0.6 is 23.2 Å². The van der Waals surface area contributed by atoms with Crippen molar-refractivity contribution in [1.29, 1.82) is 0 Å². The number of halogens is 2. The number of nitrogens with zero attached hydrogens (tertiary/aromatic N) is 2. The van der Waals surface area contributed by atoms with Crippen molar-refractivity contribution in [2.24, 2.45) is 7.05 Å². The van der Waals surface area contributed by atoms with Gasteiger partial charge in [0.05, 0.1) is 5.69 Å². The average Bonchev–Trinajstić information content (AvgIpc) is 2.46. The van der Waals surface area contributed by atoms with Crippen molar-refractivity contribution in [3.8, 4) is 0 Å². The van der Waals surface area contributed by atoms with Crippen LogP contribution in [0.2, 0.25) is 0 Å². The van der Waals surface area contributed by atoms with E-state index >= 15 is 0 Å². The molecule has 1 rings (SSSR count). The number of carboxylic acids is 1. The molecule has 0 radical (unpaired) electrons. The highest BCUT2D eigenvalue weighted by atomic mass is 35.5. The lowest BCUT2D eigenvalue weighted by Crippen LogP contribution is -2.19. The molecule has 1 aromatic rings. The van der Waals surface area contributed by atoms with E-state index in [1.54, 1.807) is 0 Å². The van der Waals surface area contributed by atoms with Crippen LogP contribution in [0, 0.1) is 0 Å². The second-order valence-electron chi connectivity index (χ2n) is 2.66. The molecule has 0 bridgehead atoms. The highest BCUT2D eigenvalue weighted by Crippen LogP contribution is 2.15. The van der Waals surface area contributed by atoms with E-state index in [-0.39, 0.29) is 11.4 Å². The normalized spacial score (nSPS) is 10.4. The van der Waals surface area contributed by atoms with Crippen LogP contribution in [0.5, 0.6) is 0 Å². The number of alkyl halides is 2. The van der Waals surface area contributed by atoms with E-state index in [9.17, 15) is 9.59 Å². The van der Waals surface area contributed by atoms with E-state index in [1.165, 1.54) is 17.9 Å². The zero-order chi connectivity index (χ0) is 11.6. The highest BCUT2D eigenvalue weighted by molar-refractivity contribution is 6.54. The molecule has 15 heavy (non-hydrogen) atoms. The van der Waals surface area contributed by atoms with Gasteiger partial charge in [-0.25, -0.2) is 4.79 Å². The number of carboxylic acid groups (broad SMARTS) is 1. The van der Waals surface area contributed by atoms with Gasteiger partial charge in [0.2, 0.25) is 0 Å². The van der Waals surface area contributed by atoms with Crippen LogP contribution < -0.4 is 5.32 Å². The SMILES string of the molecule is Cn1cc(NC(=O)C(Cl)Cl)c(C(=O)O)n1. The summed E-state index contributed by atoms with van der Waals surface area (Å²) in [6.45, 7) is 0. The Morgan fingerprint density at radius 3 is 2.67 bits per heavy atom. The molecule has 0 aromatic carbocycles. The lowest BCUT2D eigenvalue weighted by Gasteiger charge is -2.02. The molecule has 0 aliphatic rings. The van der Waals surface area contributed by atoms with Gasteiger partial charge in [-0.05, 0) is 0 Å². The summed E-state index contributed by atoms with van der Waals surface area (Å²) in [5.74, 6) is -1.94. The van der Waals surface area contributed by atoms with E-state index in [2.05, 4.69) is 10.4 Å². The first kappa shape index (κ1) is 11.8. The molecule has 8 heteroatoms. The number of anilines is 1. The van der Waals surface area contributed by atoms with Gasteiger partial charge in [0.1, 0.15) is 0 Å². The van der Waals surface area contributed by atoms with Crippen LogP contribution in [0.4, 0.5) is 5.69 Å². The number of aryl methyl sites for hydroxylation is 1. The maximum absolute atomic E-state index is 11.1. The standard InChI is InChI=1S/C7H7Cl2N3O3/c1-12-2-3(4(11-12)7(14)15)10-6(13)5(8)9/h2,5H,1H3,(H,10,13)(H,14,15). The Balaban J connectivity index is 2.94. The second-order valence-corrected chi connectivity index (χ2v) is 3.76. The van der Waals surface area contributed by atoms with Gasteiger partial charge < -0.3 is 10.4 Å². The van der Waals surface area contributed by atoms with Crippen molar-refractivity contribution in [2.75, 3.05) is 5.32 Å². The summed E-state index contributed by atoms with van der Waals surface area (Å²) in [5.41, 5.74) is -0.207. The summed E-state index contributed by atoms with van der Waals surface area (Å²) in [6, 6.07) is 0. The van der Waals surface area contributed by atoms with Gasteiger partial charge in [0.15, 0.2) is 10.5 Å². The largest absolute Gasteiger partial charge is 0.476 e. The average molecular weight is 252 g/mol. The Morgan fingerprint density at radius 2 is 2.20 bits per heavy atom. The first-order valence-electron chi connectivity index (χ1n) is 3.77. The Kier molecular flexibility index (Phi) is 3.54. The fourth-order valence-electron chi connectivity index (χ4n) is 0.925.